The number of hydrogen-bond acceptors (Lipinski definition) is 3. The van der Waals surface area contributed by atoms with E-state index in [2.05, 4.69) is 11.3 Å². The van der Waals surface area contributed by atoms with Gasteiger partial charge in [-0.25, -0.2) is 8.78 Å². The van der Waals surface area contributed by atoms with E-state index in [1.54, 1.807) is 0 Å². The first-order valence-electron chi connectivity index (χ1n) is 7.03. The van der Waals surface area contributed by atoms with E-state index in [0.717, 1.165) is 45.0 Å². The third-order valence-electron chi connectivity index (χ3n) is 3.80. The second-order valence-electron chi connectivity index (χ2n) is 5.21. The average molecular weight is 282 g/mol. The van der Waals surface area contributed by atoms with Gasteiger partial charge in [0.05, 0.1) is 0 Å². The van der Waals surface area contributed by atoms with Crippen LogP contribution in [0.4, 0.5) is 8.78 Å². The lowest BCUT2D eigenvalue weighted by Crippen LogP contribution is -2.44. The van der Waals surface area contributed by atoms with Crippen LogP contribution in [-0.2, 0) is 4.74 Å². The van der Waals surface area contributed by atoms with Crippen molar-refractivity contribution in [2.24, 2.45) is 0 Å². The Morgan fingerprint density at radius 1 is 1.20 bits per heavy atom. The van der Waals surface area contributed by atoms with Gasteiger partial charge >= 0.3 is 0 Å². The number of rotatable bonds is 3. The lowest BCUT2D eigenvalue weighted by atomic mass is 10.1. The molecule has 3 nitrogen and oxygen atoms in total. The Morgan fingerprint density at radius 3 is 2.65 bits per heavy atom. The maximum absolute atomic E-state index is 13.5. The van der Waals surface area contributed by atoms with Crippen LogP contribution in [-0.4, -0.2) is 36.9 Å². The number of nitrogens with zero attached hydrogens (tertiary/aromatic N) is 1. The van der Waals surface area contributed by atoms with E-state index in [4.69, 9.17) is 9.47 Å². The van der Waals surface area contributed by atoms with Gasteiger partial charge < -0.3 is 9.47 Å². The Kier molecular flexibility index (Phi) is 4.17. The standard InChI is InChI=1S/C15H18F2NO2/c16-11-3-4-14(13(17)10-11)20-12-5-7-18(8-6-12)15-2-1-9-19-15/h2-4,10,12,15H,1,5-9H2/t15-/m0/s1. The molecule has 2 fully saturated rings. The molecule has 2 saturated heterocycles. The highest BCUT2D eigenvalue weighted by Crippen LogP contribution is 2.25. The summed E-state index contributed by atoms with van der Waals surface area (Å²) in [6.45, 7) is 2.53. The van der Waals surface area contributed by atoms with E-state index in [1.807, 2.05) is 0 Å². The Balaban J connectivity index is 1.53. The fourth-order valence-electron chi connectivity index (χ4n) is 2.72. The summed E-state index contributed by atoms with van der Waals surface area (Å²) in [5, 5.41) is 0. The normalized spacial score (nSPS) is 25.0. The van der Waals surface area contributed by atoms with Crippen molar-refractivity contribution in [2.75, 3.05) is 19.7 Å². The Labute approximate surface area is 117 Å². The quantitative estimate of drug-likeness (QED) is 0.851. The number of ether oxygens (including phenoxy) is 2. The summed E-state index contributed by atoms with van der Waals surface area (Å²) in [6, 6.07) is 3.42. The third-order valence-corrected chi connectivity index (χ3v) is 3.80. The number of halogens is 2. The highest BCUT2D eigenvalue weighted by Gasteiger charge is 2.29. The minimum atomic E-state index is -0.639. The topological polar surface area (TPSA) is 21.7 Å². The number of piperidine rings is 1. The summed E-state index contributed by atoms with van der Waals surface area (Å²) in [7, 11) is 0. The van der Waals surface area contributed by atoms with Crippen molar-refractivity contribution in [3.63, 3.8) is 0 Å². The van der Waals surface area contributed by atoms with E-state index in [1.165, 1.54) is 12.1 Å². The molecule has 2 heterocycles. The monoisotopic (exact) mass is 282 g/mol. The van der Waals surface area contributed by atoms with Crippen LogP contribution in [0, 0.1) is 18.1 Å². The predicted molar refractivity (Wildman–Crippen MR) is 70.2 cm³/mol. The van der Waals surface area contributed by atoms with Gasteiger partial charge in [-0.05, 0) is 31.4 Å². The molecule has 2 aliphatic rings. The molecule has 109 valence electrons. The largest absolute Gasteiger partial charge is 0.487 e. The average Bonchev–Trinajstić information content (AvgIpc) is 2.97. The van der Waals surface area contributed by atoms with Gasteiger partial charge in [0.2, 0.25) is 0 Å². The summed E-state index contributed by atoms with van der Waals surface area (Å²) in [6.07, 6.45) is 4.93. The van der Waals surface area contributed by atoms with Crippen LogP contribution in [0.3, 0.4) is 0 Å². The molecule has 20 heavy (non-hydrogen) atoms. The molecule has 0 aromatic heterocycles. The predicted octanol–water partition coefficient (Wildman–Crippen LogP) is 2.76. The summed E-state index contributed by atoms with van der Waals surface area (Å²) >= 11 is 0. The lowest BCUT2D eigenvalue weighted by Gasteiger charge is -2.35. The molecule has 0 saturated carbocycles. The molecule has 0 N–H and O–H groups in total. The first-order chi connectivity index (χ1) is 9.72. The van der Waals surface area contributed by atoms with Crippen LogP contribution in [0.5, 0.6) is 5.75 Å². The zero-order chi connectivity index (χ0) is 13.9. The highest BCUT2D eigenvalue weighted by atomic mass is 19.1. The number of likely N-dealkylation sites (tertiary alicyclic amines) is 1. The van der Waals surface area contributed by atoms with Crippen LogP contribution < -0.4 is 4.74 Å². The van der Waals surface area contributed by atoms with Crippen molar-refractivity contribution in [1.82, 2.24) is 4.90 Å². The minimum absolute atomic E-state index is 0.0207. The second-order valence-corrected chi connectivity index (χ2v) is 5.21. The highest BCUT2D eigenvalue weighted by molar-refractivity contribution is 5.25. The molecule has 0 bridgehead atoms. The molecule has 0 unspecified atom stereocenters. The molecular weight excluding hydrogens is 264 g/mol. The Bertz CT molecular complexity index is 455. The smallest absolute Gasteiger partial charge is 0.167 e. The van der Waals surface area contributed by atoms with Crippen molar-refractivity contribution in [3.8, 4) is 5.75 Å². The molecule has 3 rings (SSSR count). The molecule has 0 amide bonds. The Hall–Kier alpha value is -1.20. The van der Waals surface area contributed by atoms with E-state index in [0.29, 0.717) is 0 Å². The molecular formula is C15H18F2NO2. The van der Waals surface area contributed by atoms with Crippen LogP contribution >= 0.6 is 0 Å². The zero-order valence-electron chi connectivity index (χ0n) is 11.2. The minimum Gasteiger partial charge on any atom is -0.487 e. The van der Waals surface area contributed by atoms with Gasteiger partial charge in [-0.15, -0.1) is 0 Å². The molecule has 1 aromatic carbocycles. The molecule has 1 radical (unpaired) electrons. The fraction of sp³-hybridized carbons (Fsp3) is 0.533. The van der Waals surface area contributed by atoms with Gasteiger partial charge in [-0.3, -0.25) is 4.90 Å². The van der Waals surface area contributed by atoms with Crippen LogP contribution in [0.1, 0.15) is 19.3 Å². The summed E-state index contributed by atoms with van der Waals surface area (Å²) in [5.41, 5.74) is 0. The number of benzene rings is 1. The summed E-state index contributed by atoms with van der Waals surface area (Å²) in [4.78, 5) is 2.27. The van der Waals surface area contributed by atoms with E-state index >= 15 is 0 Å². The molecule has 1 atom stereocenters. The van der Waals surface area contributed by atoms with Gasteiger partial charge in [-0.2, -0.15) is 0 Å². The van der Waals surface area contributed by atoms with E-state index in [-0.39, 0.29) is 18.1 Å². The third kappa shape index (κ3) is 3.10. The molecule has 0 spiro atoms. The van der Waals surface area contributed by atoms with Crippen molar-refractivity contribution in [2.45, 2.75) is 31.6 Å². The molecule has 1 aromatic rings. The van der Waals surface area contributed by atoms with Crippen molar-refractivity contribution in [1.29, 1.82) is 0 Å². The van der Waals surface area contributed by atoms with Crippen molar-refractivity contribution >= 4 is 0 Å². The number of hydrogen-bond donors (Lipinski definition) is 0. The van der Waals surface area contributed by atoms with Crippen molar-refractivity contribution in [3.05, 3.63) is 36.3 Å². The van der Waals surface area contributed by atoms with Crippen molar-refractivity contribution < 1.29 is 18.3 Å². The van der Waals surface area contributed by atoms with Crippen LogP contribution in [0.15, 0.2) is 18.2 Å². The maximum Gasteiger partial charge on any atom is 0.167 e. The lowest BCUT2D eigenvalue weighted by molar-refractivity contribution is -0.0312. The molecule has 0 aliphatic carbocycles. The SMILES string of the molecule is Fc1ccc(OC2CCN([C@@H]3[CH]CCO3)CC2)c(F)c1. The van der Waals surface area contributed by atoms with E-state index in [9.17, 15) is 8.78 Å². The van der Waals surface area contributed by atoms with Gasteiger partial charge in [0.25, 0.3) is 0 Å². The summed E-state index contributed by atoms with van der Waals surface area (Å²) < 4.78 is 37.6. The van der Waals surface area contributed by atoms with Gasteiger partial charge in [0.15, 0.2) is 11.6 Å². The Morgan fingerprint density at radius 2 is 2.00 bits per heavy atom. The van der Waals surface area contributed by atoms with Gasteiger partial charge in [0.1, 0.15) is 18.1 Å². The van der Waals surface area contributed by atoms with Gasteiger partial charge in [0, 0.05) is 32.2 Å². The van der Waals surface area contributed by atoms with Crippen LogP contribution in [0.2, 0.25) is 0 Å². The van der Waals surface area contributed by atoms with Crippen LogP contribution in [0.25, 0.3) is 0 Å². The second kappa shape index (κ2) is 6.06. The van der Waals surface area contributed by atoms with Gasteiger partial charge in [-0.1, -0.05) is 0 Å². The summed E-state index contributed by atoms with van der Waals surface area (Å²) in [5.74, 6) is -1.09. The zero-order valence-corrected chi connectivity index (χ0v) is 11.2. The maximum atomic E-state index is 13.5. The molecule has 2 aliphatic heterocycles. The fourth-order valence-corrected chi connectivity index (χ4v) is 2.72. The van der Waals surface area contributed by atoms with E-state index < -0.39 is 11.6 Å². The first kappa shape index (κ1) is 13.8. The molecule has 5 heteroatoms. The first-order valence-corrected chi connectivity index (χ1v) is 7.03.